The number of piperidine rings is 5. The highest BCUT2D eigenvalue weighted by atomic mass is 16.2. The minimum atomic E-state index is -0.708. The van der Waals surface area contributed by atoms with E-state index in [0.29, 0.717) is 96.3 Å². The van der Waals surface area contributed by atoms with Crippen LogP contribution in [0.25, 0.3) is 22.3 Å². The summed E-state index contributed by atoms with van der Waals surface area (Å²) in [6.45, 7) is 14.4. The van der Waals surface area contributed by atoms with Gasteiger partial charge in [-0.25, -0.2) is 15.0 Å². The number of fused-ring (bicyclic) bond motifs is 3. The summed E-state index contributed by atoms with van der Waals surface area (Å²) in [5.74, 6) is 0.776. The summed E-state index contributed by atoms with van der Waals surface area (Å²) in [7, 11) is 0. The van der Waals surface area contributed by atoms with Gasteiger partial charge in [-0.15, -0.1) is 0 Å². The lowest BCUT2D eigenvalue weighted by Gasteiger charge is -2.48. The average molecular weight is 992 g/mol. The maximum atomic E-state index is 15.4. The zero-order valence-corrected chi connectivity index (χ0v) is 43.3. The van der Waals surface area contributed by atoms with Gasteiger partial charge in [-0.3, -0.25) is 29.3 Å². The van der Waals surface area contributed by atoms with Crippen LogP contribution < -0.4 is 20.4 Å². The molecule has 9 heterocycles. The number of carbonyl (C=O) groups excluding carboxylic acids is 5. The Morgan fingerprint density at radius 3 is 2.26 bits per heavy atom. The summed E-state index contributed by atoms with van der Waals surface area (Å²) in [5, 5.41) is 6.14. The lowest BCUT2D eigenvalue weighted by atomic mass is 9.72. The molecule has 2 aliphatic carbocycles. The van der Waals surface area contributed by atoms with Gasteiger partial charge in [0.05, 0.1) is 34.8 Å². The second kappa shape index (κ2) is 18.8. The third kappa shape index (κ3) is 8.96. The number of benzene rings is 1. The second-order valence-electron chi connectivity index (χ2n) is 24.1. The van der Waals surface area contributed by atoms with E-state index in [0.717, 1.165) is 89.5 Å². The molecule has 2 unspecified atom stereocenters. The molecule has 1 aromatic carbocycles. The van der Waals surface area contributed by atoms with E-state index in [2.05, 4.69) is 81.9 Å². The molecular weight excluding hydrogens is 919 g/mol. The molecule has 2 saturated carbocycles. The predicted octanol–water partition coefficient (Wildman–Crippen LogP) is 7.18. The number of hydrogen-bond acceptors (Lipinski definition) is 11. The molecule has 5 amide bonds. The fraction of sp³-hybridized carbons (Fsp3) is 0.614. The molecule has 3 aromatic heterocycles. The molecule has 0 bridgehead atoms. The van der Waals surface area contributed by atoms with Gasteiger partial charge in [0.2, 0.25) is 29.5 Å². The van der Waals surface area contributed by atoms with Gasteiger partial charge in [0, 0.05) is 93.2 Å². The number of amides is 5. The molecule has 16 nitrogen and oxygen atoms in total. The normalized spacial score (nSPS) is 26.6. The number of hydrogen-bond donors (Lipinski definition) is 2. The Hall–Kier alpha value is -5.90. The molecule has 4 aromatic rings. The van der Waals surface area contributed by atoms with E-state index >= 15 is 4.79 Å². The van der Waals surface area contributed by atoms with Gasteiger partial charge >= 0.3 is 0 Å². The SMILES string of the molecule is CC(C)n1cnc2cc(-c3ccc4c(c3)N([C@H]3C[C@@H](N5CCCCC5)C3)C(=O)C43CCN(C(=O)C4CN(C(=O)C5CCN(c6ccc(C7CCC(=O)NC7=O)cn6)CC5)CC(C)(C)C4)CC3)nc(NC3CC3)c21. The molecule has 6 aliphatic heterocycles. The average Bonchev–Trinajstić information content (AvgIpc) is 4.04. The van der Waals surface area contributed by atoms with E-state index < -0.39 is 5.41 Å². The topological polar surface area (TPSA) is 169 Å². The van der Waals surface area contributed by atoms with Crippen LogP contribution in [0, 0.1) is 17.3 Å². The molecule has 2 N–H and O–H groups in total. The highest BCUT2D eigenvalue weighted by molar-refractivity contribution is 6.09. The van der Waals surface area contributed by atoms with Crippen LogP contribution in [-0.2, 0) is 29.4 Å². The van der Waals surface area contributed by atoms with Crippen molar-refractivity contribution in [2.24, 2.45) is 17.3 Å². The zero-order chi connectivity index (χ0) is 50.3. The van der Waals surface area contributed by atoms with Gasteiger partial charge in [-0.1, -0.05) is 38.5 Å². The molecule has 5 saturated heterocycles. The molecule has 0 radical (unpaired) electrons. The summed E-state index contributed by atoms with van der Waals surface area (Å²) in [6, 6.07) is 13.8. The lowest BCUT2D eigenvalue weighted by Crippen LogP contribution is -2.59. The van der Waals surface area contributed by atoms with Crippen LogP contribution in [0.3, 0.4) is 0 Å². The minimum Gasteiger partial charge on any atom is -0.366 e. The number of imide groups is 1. The number of aromatic nitrogens is 4. The van der Waals surface area contributed by atoms with Crippen molar-refractivity contribution in [2.75, 3.05) is 67.5 Å². The largest absolute Gasteiger partial charge is 0.366 e. The highest BCUT2D eigenvalue weighted by Gasteiger charge is 2.56. The summed E-state index contributed by atoms with van der Waals surface area (Å²) < 4.78 is 2.20. The predicted molar refractivity (Wildman–Crippen MR) is 280 cm³/mol. The number of anilines is 3. The number of carbonyl (C=O) groups is 5. The summed E-state index contributed by atoms with van der Waals surface area (Å²) in [5.41, 5.74) is 5.72. The molecule has 2 atom stereocenters. The van der Waals surface area contributed by atoms with Gasteiger partial charge in [0.1, 0.15) is 11.3 Å². The molecule has 16 heteroatoms. The molecule has 73 heavy (non-hydrogen) atoms. The molecule has 386 valence electrons. The lowest BCUT2D eigenvalue weighted by molar-refractivity contribution is -0.148. The molecule has 7 fully saturated rings. The van der Waals surface area contributed by atoms with Crippen molar-refractivity contribution in [3.8, 4) is 11.3 Å². The van der Waals surface area contributed by atoms with Crippen LogP contribution in [0.1, 0.15) is 141 Å². The number of likely N-dealkylation sites (tertiary alicyclic amines) is 3. The molecular formula is C57H73N11O5. The Kier molecular flexibility index (Phi) is 12.4. The van der Waals surface area contributed by atoms with Crippen molar-refractivity contribution in [3.05, 3.63) is 60.0 Å². The Balaban J connectivity index is 0.736. The Bertz CT molecular complexity index is 2810. The molecule has 1 spiro atoms. The van der Waals surface area contributed by atoms with E-state index in [-0.39, 0.29) is 64.8 Å². The maximum absolute atomic E-state index is 15.4. The van der Waals surface area contributed by atoms with Crippen LogP contribution in [-0.4, -0.2) is 134 Å². The number of pyridine rings is 2. The fourth-order valence-electron chi connectivity index (χ4n) is 13.8. The highest BCUT2D eigenvalue weighted by Crippen LogP contribution is 2.53. The summed E-state index contributed by atoms with van der Waals surface area (Å²) >= 11 is 0. The van der Waals surface area contributed by atoms with E-state index in [1.807, 2.05) is 28.3 Å². The van der Waals surface area contributed by atoms with Crippen molar-refractivity contribution in [3.63, 3.8) is 0 Å². The number of rotatable bonds is 10. The monoisotopic (exact) mass is 992 g/mol. The van der Waals surface area contributed by atoms with Crippen LogP contribution in [0.15, 0.2) is 48.9 Å². The van der Waals surface area contributed by atoms with Crippen molar-refractivity contribution in [2.45, 2.75) is 153 Å². The van der Waals surface area contributed by atoms with Crippen molar-refractivity contribution < 1.29 is 24.0 Å². The van der Waals surface area contributed by atoms with Crippen molar-refractivity contribution >= 4 is 57.9 Å². The van der Waals surface area contributed by atoms with Crippen molar-refractivity contribution in [1.29, 1.82) is 0 Å². The van der Waals surface area contributed by atoms with Gasteiger partial charge in [0.15, 0.2) is 5.82 Å². The quantitative estimate of drug-likeness (QED) is 0.154. The first-order valence-electron chi connectivity index (χ1n) is 27.7. The van der Waals surface area contributed by atoms with E-state index in [1.165, 1.54) is 19.3 Å². The number of imidazole rings is 1. The first-order chi connectivity index (χ1) is 35.2. The standard InChI is InChI=1S/C57H73N11O5/c1-35(2)67-34-59-46-29-45(61-51(50(46)67)60-40-10-11-40)37-8-13-44-47(26-37)68(42-27-41(28-42)63-20-6-5-7-21-63)55(73)57(44)18-24-65(25-19-57)54(72)39-30-56(3,4)33-66(32-39)53(71)36-16-22-64(23-17-36)48-14-9-38(31-58-48)43-12-15-49(69)62-52(43)70/h8-9,13-14,26,29,31,34-36,39-43H,5-7,10-12,15-25,27-28,30,32-33H2,1-4H3,(H,60,61)(H,62,69,70)/t39?,41-,42+,43?. The van der Waals surface area contributed by atoms with Gasteiger partial charge in [-0.2, -0.15) is 0 Å². The minimum absolute atomic E-state index is 0.0975. The summed E-state index contributed by atoms with van der Waals surface area (Å²) in [6.07, 6.45) is 15.7. The maximum Gasteiger partial charge on any atom is 0.238 e. The first-order valence-corrected chi connectivity index (χ1v) is 27.7. The number of nitrogens with one attached hydrogen (secondary N) is 2. The fourth-order valence-corrected chi connectivity index (χ4v) is 13.8. The van der Waals surface area contributed by atoms with Crippen LogP contribution >= 0.6 is 0 Å². The first kappa shape index (κ1) is 48.1. The van der Waals surface area contributed by atoms with Crippen LogP contribution in [0.5, 0.6) is 0 Å². The van der Waals surface area contributed by atoms with Gasteiger partial charge in [0.25, 0.3) is 0 Å². The van der Waals surface area contributed by atoms with Crippen LogP contribution in [0.4, 0.5) is 17.3 Å². The molecule has 8 aliphatic rings. The van der Waals surface area contributed by atoms with Gasteiger partial charge < -0.3 is 34.4 Å². The smallest absolute Gasteiger partial charge is 0.238 e. The van der Waals surface area contributed by atoms with E-state index in [1.54, 1.807) is 6.20 Å². The van der Waals surface area contributed by atoms with Gasteiger partial charge in [-0.05, 0) is 139 Å². The third-order valence-corrected chi connectivity index (χ3v) is 18.1. The third-order valence-electron chi connectivity index (χ3n) is 18.1. The van der Waals surface area contributed by atoms with E-state index in [9.17, 15) is 19.2 Å². The van der Waals surface area contributed by atoms with E-state index in [4.69, 9.17) is 15.0 Å². The van der Waals surface area contributed by atoms with Crippen molar-refractivity contribution in [1.82, 2.24) is 39.5 Å². The number of nitrogens with zero attached hydrogens (tertiary/aromatic N) is 9. The second-order valence-corrected chi connectivity index (χ2v) is 24.1. The summed E-state index contributed by atoms with van der Waals surface area (Å²) in [4.78, 5) is 94.4. The molecule has 12 rings (SSSR count). The Labute approximate surface area is 429 Å². The Morgan fingerprint density at radius 1 is 0.808 bits per heavy atom. The Morgan fingerprint density at radius 2 is 1.56 bits per heavy atom. The zero-order valence-electron chi connectivity index (χ0n) is 43.3. The van der Waals surface area contributed by atoms with Crippen LogP contribution in [0.2, 0.25) is 0 Å².